The summed E-state index contributed by atoms with van der Waals surface area (Å²) in [4.78, 5) is 13.2. The van der Waals surface area contributed by atoms with Gasteiger partial charge in [-0.2, -0.15) is 14.4 Å². The number of methoxy groups -OCH3 is 1. The molecule has 1 fully saturated rings. The van der Waals surface area contributed by atoms with Gasteiger partial charge in [-0.05, 0) is 11.6 Å². The fourth-order valence-corrected chi connectivity index (χ4v) is 2.86. The maximum Gasteiger partial charge on any atom is 0.226 e. The molecule has 1 N–H and O–H groups in total. The second kappa shape index (κ2) is 8.68. The molecular weight excluding hydrogens is 387 g/mol. The number of aromatic nitrogens is 3. The van der Waals surface area contributed by atoms with E-state index in [1.807, 2.05) is 0 Å². The van der Waals surface area contributed by atoms with Crippen LogP contribution in [0.2, 0.25) is 5.28 Å². The number of pyridine rings is 1. The molecule has 0 amide bonds. The van der Waals surface area contributed by atoms with Crippen LogP contribution in [0.5, 0.6) is 0 Å². The third kappa shape index (κ3) is 4.57. The number of hydrogen-bond donors (Lipinski definition) is 1. The zero-order valence-electron chi connectivity index (χ0n) is 14.4. The van der Waals surface area contributed by atoms with Crippen molar-refractivity contribution in [1.82, 2.24) is 15.0 Å². The Morgan fingerprint density at radius 1 is 1.30 bits per heavy atom. The fraction of sp³-hybridized carbons (Fsp3) is 0.438. The molecule has 0 saturated carbocycles. The second-order valence-corrected chi connectivity index (χ2v) is 6.09. The summed E-state index contributed by atoms with van der Waals surface area (Å²) >= 11 is 5.94. The van der Waals surface area contributed by atoms with Gasteiger partial charge in [-0.25, -0.2) is 8.78 Å². The van der Waals surface area contributed by atoms with Gasteiger partial charge in [0, 0.05) is 26.3 Å². The van der Waals surface area contributed by atoms with Crippen LogP contribution in [0.15, 0.2) is 12.3 Å². The highest BCUT2D eigenvalue weighted by atomic mass is 35.5. The topological polar surface area (TPSA) is 72.4 Å². The van der Waals surface area contributed by atoms with Gasteiger partial charge >= 0.3 is 0 Å². The van der Waals surface area contributed by atoms with Crippen molar-refractivity contribution in [2.75, 3.05) is 50.2 Å². The predicted octanol–water partition coefficient (Wildman–Crippen LogP) is 2.58. The van der Waals surface area contributed by atoms with Crippen molar-refractivity contribution in [3.63, 3.8) is 0 Å². The number of nitrogens with one attached hydrogen (secondary N) is 1. The first-order valence-corrected chi connectivity index (χ1v) is 8.49. The first-order valence-electron chi connectivity index (χ1n) is 8.11. The second-order valence-electron chi connectivity index (χ2n) is 5.75. The summed E-state index contributed by atoms with van der Waals surface area (Å²) in [7, 11) is 1.39. The number of ether oxygens (including phenoxy) is 2. The van der Waals surface area contributed by atoms with Gasteiger partial charge in [0.2, 0.25) is 11.1 Å². The molecule has 1 saturated heterocycles. The summed E-state index contributed by atoms with van der Waals surface area (Å²) in [6.07, 6.45) is 0.866. The number of rotatable bonds is 6. The van der Waals surface area contributed by atoms with Gasteiger partial charge in [0.05, 0.1) is 32.1 Å². The quantitative estimate of drug-likeness (QED) is 0.743. The zero-order chi connectivity index (χ0) is 19.4. The Morgan fingerprint density at radius 2 is 2.04 bits per heavy atom. The minimum Gasteiger partial charge on any atom is -0.382 e. The monoisotopic (exact) mass is 403 g/mol. The Hall–Kier alpha value is -2.17. The first-order chi connectivity index (χ1) is 13.0. The minimum atomic E-state index is -0.923. The molecule has 2 aromatic rings. The number of halogens is 4. The summed E-state index contributed by atoms with van der Waals surface area (Å²) in [6.45, 7) is 1.68. The largest absolute Gasteiger partial charge is 0.382 e. The molecule has 0 spiro atoms. The van der Waals surface area contributed by atoms with Crippen molar-refractivity contribution < 1.29 is 22.6 Å². The van der Waals surface area contributed by atoms with Crippen LogP contribution in [-0.4, -0.2) is 55.0 Å². The van der Waals surface area contributed by atoms with E-state index in [9.17, 15) is 13.2 Å². The van der Waals surface area contributed by atoms with E-state index in [0.29, 0.717) is 32.4 Å². The van der Waals surface area contributed by atoms with Gasteiger partial charge in [0.15, 0.2) is 11.6 Å². The lowest BCUT2D eigenvalue weighted by Crippen LogP contribution is -2.37. The molecule has 0 aliphatic carbocycles. The molecule has 3 rings (SSSR count). The van der Waals surface area contributed by atoms with Gasteiger partial charge in [0.25, 0.3) is 0 Å². The van der Waals surface area contributed by atoms with Crippen LogP contribution in [0.4, 0.5) is 24.8 Å². The third-order valence-corrected chi connectivity index (χ3v) is 4.10. The van der Waals surface area contributed by atoms with Crippen LogP contribution in [0.1, 0.15) is 11.7 Å². The Balaban J connectivity index is 1.92. The van der Waals surface area contributed by atoms with Crippen molar-refractivity contribution in [3.8, 4) is 0 Å². The van der Waals surface area contributed by atoms with Gasteiger partial charge in [-0.3, -0.25) is 4.98 Å². The molecule has 1 atom stereocenters. The SMILES string of the molecule is COCC(Nc1nc(Cl)nc(N2CCOCC2)c1F)c1ncc(F)cc1F. The first kappa shape index (κ1) is 19.6. The van der Waals surface area contributed by atoms with Crippen molar-refractivity contribution in [1.29, 1.82) is 0 Å². The summed E-state index contributed by atoms with van der Waals surface area (Å²) in [5.74, 6) is -2.67. The van der Waals surface area contributed by atoms with Gasteiger partial charge in [0.1, 0.15) is 17.3 Å². The number of morpholine rings is 1. The molecule has 2 aromatic heterocycles. The van der Waals surface area contributed by atoms with E-state index in [1.165, 1.54) is 7.11 Å². The van der Waals surface area contributed by atoms with Crippen molar-refractivity contribution in [3.05, 3.63) is 40.7 Å². The van der Waals surface area contributed by atoms with Crippen LogP contribution >= 0.6 is 11.6 Å². The number of nitrogens with zero attached hydrogens (tertiary/aromatic N) is 4. The predicted molar refractivity (Wildman–Crippen MR) is 92.4 cm³/mol. The highest BCUT2D eigenvalue weighted by Crippen LogP contribution is 2.28. The van der Waals surface area contributed by atoms with Crippen molar-refractivity contribution in [2.24, 2.45) is 0 Å². The lowest BCUT2D eigenvalue weighted by Gasteiger charge is -2.28. The molecule has 0 radical (unpaired) electrons. The molecule has 3 heterocycles. The van der Waals surface area contributed by atoms with Crippen molar-refractivity contribution in [2.45, 2.75) is 6.04 Å². The van der Waals surface area contributed by atoms with E-state index < -0.39 is 23.5 Å². The van der Waals surface area contributed by atoms with Crippen LogP contribution in [0.3, 0.4) is 0 Å². The highest BCUT2D eigenvalue weighted by molar-refractivity contribution is 6.28. The molecule has 1 aliphatic heterocycles. The lowest BCUT2D eigenvalue weighted by atomic mass is 10.2. The molecular formula is C16H17ClF3N5O2. The Bertz CT molecular complexity index is 808. The maximum atomic E-state index is 15.0. The molecule has 0 bridgehead atoms. The van der Waals surface area contributed by atoms with E-state index in [0.717, 1.165) is 6.20 Å². The summed E-state index contributed by atoms with van der Waals surface area (Å²) < 4.78 is 52.5. The average Bonchev–Trinajstić information content (AvgIpc) is 2.65. The molecule has 7 nitrogen and oxygen atoms in total. The fourth-order valence-electron chi connectivity index (χ4n) is 2.69. The van der Waals surface area contributed by atoms with Gasteiger partial charge < -0.3 is 19.7 Å². The average molecular weight is 404 g/mol. The zero-order valence-corrected chi connectivity index (χ0v) is 15.1. The molecule has 146 valence electrons. The molecule has 11 heteroatoms. The minimum absolute atomic E-state index is 0.0181. The Morgan fingerprint density at radius 3 is 2.70 bits per heavy atom. The standard InChI is InChI=1S/C16H17ClF3N5O2/c1-26-8-11(13-10(19)6-9(18)7-21-13)22-14-12(20)15(24-16(17)23-14)25-2-4-27-5-3-25/h6-7,11H,2-5,8H2,1H3,(H,22,23,24). The molecule has 0 aromatic carbocycles. The normalized spacial score (nSPS) is 15.7. The van der Waals surface area contributed by atoms with Crippen LogP contribution in [0, 0.1) is 17.5 Å². The Kier molecular flexibility index (Phi) is 6.30. The molecule has 27 heavy (non-hydrogen) atoms. The van der Waals surface area contributed by atoms with Gasteiger partial charge in [-0.1, -0.05) is 0 Å². The lowest BCUT2D eigenvalue weighted by molar-refractivity contribution is 0.122. The van der Waals surface area contributed by atoms with Crippen LogP contribution in [0.25, 0.3) is 0 Å². The summed E-state index contributed by atoms with van der Waals surface area (Å²) in [5.41, 5.74) is -0.139. The Labute approximate surface area is 158 Å². The number of anilines is 2. The van der Waals surface area contributed by atoms with E-state index in [2.05, 4.69) is 20.3 Å². The van der Waals surface area contributed by atoms with E-state index in [4.69, 9.17) is 21.1 Å². The maximum absolute atomic E-state index is 15.0. The number of hydrogen-bond acceptors (Lipinski definition) is 7. The van der Waals surface area contributed by atoms with Crippen LogP contribution in [-0.2, 0) is 9.47 Å². The van der Waals surface area contributed by atoms with Crippen molar-refractivity contribution >= 4 is 23.2 Å². The summed E-state index contributed by atoms with van der Waals surface area (Å²) in [6, 6.07) is -0.233. The van der Waals surface area contributed by atoms with Crippen LogP contribution < -0.4 is 10.2 Å². The van der Waals surface area contributed by atoms with Gasteiger partial charge in [-0.15, -0.1) is 0 Å². The van der Waals surface area contributed by atoms with E-state index >= 15 is 0 Å². The smallest absolute Gasteiger partial charge is 0.226 e. The summed E-state index contributed by atoms with van der Waals surface area (Å²) in [5, 5.41) is 2.55. The van der Waals surface area contributed by atoms with E-state index in [-0.39, 0.29) is 29.2 Å². The highest BCUT2D eigenvalue weighted by Gasteiger charge is 2.25. The molecule has 1 unspecified atom stereocenters. The molecule has 1 aliphatic rings. The van der Waals surface area contributed by atoms with E-state index in [1.54, 1.807) is 4.90 Å². The third-order valence-electron chi connectivity index (χ3n) is 3.93.